The van der Waals surface area contributed by atoms with E-state index < -0.39 is 0 Å². The van der Waals surface area contributed by atoms with E-state index in [0.29, 0.717) is 6.54 Å². The van der Waals surface area contributed by atoms with Gasteiger partial charge in [0.25, 0.3) is 0 Å². The van der Waals surface area contributed by atoms with Crippen molar-refractivity contribution < 1.29 is 4.79 Å². The number of nitrogens with zero attached hydrogens (tertiary/aromatic N) is 2. The Morgan fingerprint density at radius 1 is 1.71 bits per heavy atom. The molecule has 0 aromatic carbocycles. The Morgan fingerprint density at radius 3 is 3.18 bits per heavy atom. The summed E-state index contributed by atoms with van der Waals surface area (Å²) in [6.45, 7) is 2.47. The molecule has 0 aliphatic carbocycles. The monoisotopic (exact) mass is 380 g/mol. The van der Waals surface area contributed by atoms with Crippen LogP contribution in [0.1, 0.15) is 6.92 Å². The van der Waals surface area contributed by atoms with Gasteiger partial charge in [0, 0.05) is 17.2 Å². The number of fused-ring (bicyclic) bond motifs is 1. The highest BCUT2D eigenvalue weighted by Gasteiger charge is 2.29. The summed E-state index contributed by atoms with van der Waals surface area (Å²) >= 11 is 8.28. The molecule has 0 fully saturated rings. The van der Waals surface area contributed by atoms with Crippen molar-refractivity contribution in [3.63, 3.8) is 0 Å². The van der Waals surface area contributed by atoms with Crippen LogP contribution in [0.15, 0.2) is 26.7 Å². The number of amides is 2. The van der Waals surface area contributed by atoms with Gasteiger partial charge in [-0.1, -0.05) is 11.8 Å². The fourth-order valence-electron chi connectivity index (χ4n) is 1.35. The Hall–Kier alpha value is -0.470. The predicted molar refractivity (Wildman–Crippen MR) is 76.9 cm³/mol. The molecule has 2 rings (SSSR count). The smallest absolute Gasteiger partial charge is 0.317 e. The highest BCUT2D eigenvalue weighted by atomic mass is 79.9. The average molecular weight is 382 g/mol. The molecular formula is C9H10Br2N4OS. The number of aliphatic imine (C=N–C) groups is 1. The molecule has 1 atom stereocenters. The van der Waals surface area contributed by atoms with Crippen LogP contribution in [0, 0.1) is 0 Å². The van der Waals surface area contributed by atoms with Gasteiger partial charge in [0.15, 0.2) is 11.3 Å². The number of hydrogen-bond acceptors (Lipinski definition) is 4. The van der Waals surface area contributed by atoms with Crippen LogP contribution in [-0.4, -0.2) is 27.8 Å². The average Bonchev–Trinajstić information content (AvgIpc) is 2.60. The molecule has 0 saturated heterocycles. The molecule has 0 saturated carbocycles. The molecule has 1 unspecified atom stereocenters. The summed E-state index contributed by atoms with van der Waals surface area (Å²) in [7, 11) is 0. The van der Waals surface area contributed by atoms with Gasteiger partial charge in [-0.15, -0.1) is 0 Å². The van der Waals surface area contributed by atoms with Crippen molar-refractivity contribution in [3.8, 4) is 0 Å². The molecular weight excluding hydrogens is 372 g/mol. The second-order valence-electron chi connectivity index (χ2n) is 3.26. The van der Waals surface area contributed by atoms with Crippen molar-refractivity contribution in [2.75, 3.05) is 6.54 Å². The number of hydrogen-bond donors (Lipinski definition) is 2. The van der Waals surface area contributed by atoms with Crippen molar-refractivity contribution in [2.24, 2.45) is 4.99 Å². The lowest BCUT2D eigenvalue weighted by molar-refractivity contribution is 0.241. The lowest BCUT2D eigenvalue weighted by Crippen LogP contribution is -2.39. The molecule has 8 heteroatoms. The molecule has 0 bridgehead atoms. The van der Waals surface area contributed by atoms with E-state index in [1.807, 2.05) is 19.2 Å². The number of rotatable bonds is 2. The number of thioether (sulfide) groups is 1. The van der Waals surface area contributed by atoms with Crippen LogP contribution in [-0.2, 0) is 0 Å². The lowest BCUT2D eigenvalue weighted by atomic mass is 10.4. The molecule has 2 heterocycles. The molecule has 17 heavy (non-hydrogen) atoms. The number of amidine groups is 1. The van der Waals surface area contributed by atoms with Gasteiger partial charge in [-0.2, -0.15) is 0 Å². The summed E-state index contributed by atoms with van der Waals surface area (Å²) in [5, 5.41) is 5.44. The van der Waals surface area contributed by atoms with Crippen LogP contribution >= 0.6 is 43.8 Å². The third-order valence-electron chi connectivity index (χ3n) is 2.00. The number of allylic oxidation sites excluding steroid dienone is 2. The first-order valence-electron chi connectivity index (χ1n) is 4.93. The summed E-state index contributed by atoms with van der Waals surface area (Å²) in [4.78, 5) is 16.8. The fraction of sp³-hybridized carbons (Fsp3) is 0.333. The number of halogens is 2. The first-order chi connectivity index (χ1) is 8.10. The lowest BCUT2D eigenvalue weighted by Gasteiger charge is -2.16. The van der Waals surface area contributed by atoms with E-state index in [2.05, 4.69) is 47.7 Å². The quantitative estimate of drug-likeness (QED) is 0.722. The van der Waals surface area contributed by atoms with Crippen LogP contribution in [0.5, 0.6) is 0 Å². The Morgan fingerprint density at radius 2 is 2.47 bits per heavy atom. The number of carbonyl (C=O) groups is 1. The second kappa shape index (κ2) is 5.45. The minimum Gasteiger partial charge on any atom is -0.338 e. The fourth-order valence-corrected chi connectivity index (χ4v) is 3.84. The van der Waals surface area contributed by atoms with Crippen molar-refractivity contribution in [1.82, 2.24) is 14.6 Å². The van der Waals surface area contributed by atoms with Gasteiger partial charge in [0.1, 0.15) is 0 Å². The molecule has 2 aliphatic rings. The maximum absolute atomic E-state index is 11.4. The van der Waals surface area contributed by atoms with E-state index in [-0.39, 0.29) is 11.5 Å². The maximum Gasteiger partial charge on any atom is 0.317 e. The first kappa shape index (κ1) is 13.0. The molecule has 2 aliphatic heterocycles. The third kappa shape index (κ3) is 3.05. The minimum atomic E-state index is -0.283. The molecule has 5 nitrogen and oxygen atoms in total. The van der Waals surface area contributed by atoms with Gasteiger partial charge in [-0.3, -0.25) is 3.93 Å². The molecule has 2 N–H and O–H groups in total. The number of urea groups is 1. The Labute approximate surface area is 120 Å². The van der Waals surface area contributed by atoms with E-state index >= 15 is 0 Å². The summed E-state index contributed by atoms with van der Waals surface area (Å²) in [6, 6.07) is -0.207. The zero-order chi connectivity index (χ0) is 12.4. The first-order valence-corrected chi connectivity index (χ1v) is 7.31. The van der Waals surface area contributed by atoms with Gasteiger partial charge >= 0.3 is 6.03 Å². The zero-order valence-corrected chi connectivity index (χ0v) is 12.9. The summed E-state index contributed by atoms with van der Waals surface area (Å²) in [5.41, 5.74) is -0.283. The van der Waals surface area contributed by atoms with Gasteiger partial charge in [0.2, 0.25) is 0 Å². The molecule has 0 aromatic rings. The van der Waals surface area contributed by atoms with Crippen LogP contribution in [0.2, 0.25) is 0 Å². The van der Waals surface area contributed by atoms with Crippen molar-refractivity contribution in [2.45, 2.75) is 12.4 Å². The van der Waals surface area contributed by atoms with Crippen molar-refractivity contribution in [1.29, 1.82) is 0 Å². The maximum atomic E-state index is 11.4. The standard InChI is InChI=1S/C9H10Br2N4OS/c1-2-12-8(16)14-9-13-7-6(17-9)3-5(10)4-15(7)11/h3-4,9H,2H2,1H3,(H2,12,14,16). The van der Waals surface area contributed by atoms with Crippen LogP contribution < -0.4 is 10.6 Å². The topological polar surface area (TPSA) is 56.7 Å². The summed E-state index contributed by atoms with van der Waals surface area (Å²) in [6.07, 6.45) is 3.83. The SMILES string of the molecule is CCNC(=O)NC1N=C2C(=CC(Br)=CN2Br)S1. The van der Waals surface area contributed by atoms with Gasteiger partial charge in [0.05, 0.1) is 21.1 Å². The number of nitrogens with one attached hydrogen (secondary N) is 2. The minimum absolute atomic E-state index is 0.207. The van der Waals surface area contributed by atoms with Crippen LogP contribution in [0.25, 0.3) is 0 Å². The van der Waals surface area contributed by atoms with E-state index in [9.17, 15) is 4.79 Å². The Bertz CT molecular complexity index is 435. The zero-order valence-electron chi connectivity index (χ0n) is 8.91. The highest BCUT2D eigenvalue weighted by Crippen LogP contribution is 2.37. The Balaban J connectivity index is 2.04. The van der Waals surface area contributed by atoms with Crippen LogP contribution in [0.4, 0.5) is 4.79 Å². The van der Waals surface area contributed by atoms with E-state index in [4.69, 9.17) is 0 Å². The van der Waals surface area contributed by atoms with Gasteiger partial charge < -0.3 is 10.6 Å². The normalized spacial score (nSPS) is 22.4. The van der Waals surface area contributed by atoms with E-state index in [1.165, 1.54) is 11.8 Å². The van der Waals surface area contributed by atoms with Crippen LogP contribution in [0.3, 0.4) is 0 Å². The second-order valence-corrected chi connectivity index (χ2v) is 6.06. The van der Waals surface area contributed by atoms with Crippen molar-refractivity contribution >= 4 is 55.7 Å². The predicted octanol–water partition coefficient (Wildman–Crippen LogP) is 2.48. The molecule has 2 amide bonds. The highest BCUT2D eigenvalue weighted by molar-refractivity contribution is 9.12. The molecule has 0 aromatic heterocycles. The number of carbonyl (C=O) groups excluding carboxylic acids is 1. The molecule has 0 radical (unpaired) electrons. The van der Waals surface area contributed by atoms with Crippen molar-refractivity contribution in [3.05, 3.63) is 21.7 Å². The Kier molecular flexibility index (Phi) is 4.16. The molecule has 0 spiro atoms. The van der Waals surface area contributed by atoms with E-state index in [1.54, 1.807) is 3.93 Å². The van der Waals surface area contributed by atoms with Gasteiger partial charge in [-0.05, 0) is 28.9 Å². The summed E-state index contributed by atoms with van der Waals surface area (Å²) in [5.74, 6) is 0.806. The molecule has 92 valence electrons. The largest absolute Gasteiger partial charge is 0.338 e. The third-order valence-corrected chi connectivity index (χ3v) is 3.97. The van der Waals surface area contributed by atoms with E-state index in [0.717, 1.165) is 15.2 Å². The summed E-state index contributed by atoms with van der Waals surface area (Å²) < 4.78 is 2.70. The van der Waals surface area contributed by atoms with Gasteiger partial charge in [-0.25, -0.2) is 9.79 Å².